The molecule has 1 aromatic carbocycles. The van der Waals surface area contributed by atoms with E-state index in [4.69, 9.17) is 16.2 Å². The Balaban J connectivity index is 1.93. The lowest BCUT2D eigenvalue weighted by Gasteiger charge is -2.08. The van der Waals surface area contributed by atoms with Gasteiger partial charge in [-0.1, -0.05) is 12.1 Å². The van der Waals surface area contributed by atoms with Crippen LogP contribution in [0.3, 0.4) is 0 Å². The zero-order valence-electron chi connectivity index (χ0n) is 11.8. The summed E-state index contributed by atoms with van der Waals surface area (Å²) in [6.07, 6.45) is 2.25. The standard InChI is InChI=1S/C15H18N4O2/c1-21-11-4-2-10(3-5-11)6-7-18-14-8-12(15(17)20)13(16)9-19-14/h2-5,8-9H,6-7,16H2,1H3,(H2,17,20)(H,18,19). The molecule has 21 heavy (non-hydrogen) atoms. The third kappa shape index (κ3) is 3.85. The molecule has 0 saturated heterocycles. The van der Waals surface area contributed by atoms with E-state index in [9.17, 15) is 4.79 Å². The molecule has 0 saturated carbocycles. The first-order valence-corrected chi connectivity index (χ1v) is 6.52. The number of primary amides is 1. The number of methoxy groups -OCH3 is 1. The first kappa shape index (κ1) is 14.6. The Bertz CT molecular complexity index is 626. The molecule has 1 aromatic heterocycles. The fourth-order valence-corrected chi connectivity index (χ4v) is 1.90. The summed E-state index contributed by atoms with van der Waals surface area (Å²) >= 11 is 0. The second-order valence-corrected chi connectivity index (χ2v) is 4.55. The lowest BCUT2D eigenvalue weighted by Crippen LogP contribution is -2.15. The van der Waals surface area contributed by atoms with Crippen molar-refractivity contribution in [1.29, 1.82) is 0 Å². The summed E-state index contributed by atoms with van der Waals surface area (Å²) in [5, 5.41) is 3.14. The molecule has 6 heteroatoms. The van der Waals surface area contributed by atoms with Gasteiger partial charge in [-0.15, -0.1) is 0 Å². The maximum absolute atomic E-state index is 11.2. The summed E-state index contributed by atoms with van der Waals surface area (Å²) in [4.78, 5) is 15.3. The number of aromatic nitrogens is 1. The number of nitrogens with one attached hydrogen (secondary N) is 1. The molecular weight excluding hydrogens is 268 g/mol. The van der Waals surface area contributed by atoms with E-state index in [1.165, 1.54) is 11.8 Å². The SMILES string of the molecule is COc1ccc(CCNc2cc(C(N)=O)c(N)cn2)cc1. The molecule has 110 valence electrons. The summed E-state index contributed by atoms with van der Waals surface area (Å²) in [5.74, 6) is 0.845. The summed E-state index contributed by atoms with van der Waals surface area (Å²) in [5.41, 5.74) is 12.6. The maximum Gasteiger partial charge on any atom is 0.250 e. The molecule has 0 aliphatic rings. The molecule has 0 spiro atoms. The fraction of sp³-hybridized carbons (Fsp3) is 0.200. The Labute approximate surface area is 123 Å². The number of nitrogens with zero attached hydrogens (tertiary/aromatic N) is 1. The second kappa shape index (κ2) is 6.60. The number of hydrogen-bond acceptors (Lipinski definition) is 5. The van der Waals surface area contributed by atoms with E-state index in [0.717, 1.165) is 12.2 Å². The van der Waals surface area contributed by atoms with Crippen molar-refractivity contribution in [3.8, 4) is 5.75 Å². The maximum atomic E-state index is 11.2. The van der Waals surface area contributed by atoms with Gasteiger partial charge in [0.15, 0.2) is 0 Å². The van der Waals surface area contributed by atoms with Gasteiger partial charge in [-0.3, -0.25) is 4.79 Å². The minimum absolute atomic E-state index is 0.275. The van der Waals surface area contributed by atoms with Crippen LogP contribution in [0.1, 0.15) is 15.9 Å². The third-order valence-corrected chi connectivity index (χ3v) is 3.08. The molecule has 1 amide bonds. The van der Waals surface area contributed by atoms with Crippen molar-refractivity contribution in [3.63, 3.8) is 0 Å². The number of pyridine rings is 1. The number of nitrogens with two attached hydrogens (primary N) is 2. The predicted molar refractivity (Wildman–Crippen MR) is 82.4 cm³/mol. The van der Waals surface area contributed by atoms with E-state index >= 15 is 0 Å². The Morgan fingerprint density at radius 1 is 1.33 bits per heavy atom. The van der Waals surface area contributed by atoms with Gasteiger partial charge < -0.3 is 21.5 Å². The topological polar surface area (TPSA) is 103 Å². The Morgan fingerprint density at radius 2 is 2.05 bits per heavy atom. The molecule has 0 aliphatic carbocycles. The van der Waals surface area contributed by atoms with Crippen molar-refractivity contribution < 1.29 is 9.53 Å². The predicted octanol–water partition coefficient (Wildman–Crippen LogP) is 1.43. The highest BCUT2D eigenvalue weighted by atomic mass is 16.5. The van der Waals surface area contributed by atoms with Crippen molar-refractivity contribution in [3.05, 3.63) is 47.7 Å². The highest BCUT2D eigenvalue weighted by molar-refractivity contribution is 5.98. The van der Waals surface area contributed by atoms with Crippen LogP contribution < -0.4 is 21.5 Å². The van der Waals surface area contributed by atoms with Gasteiger partial charge in [-0.05, 0) is 30.2 Å². The molecule has 0 unspecified atom stereocenters. The summed E-state index contributed by atoms with van der Waals surface area (Å²) in [6.45, 7) is 0.682. The van der Waals surface area contributed by atoms with E-state index in [0.29, 0.717) is 12.4 Å². The molecular formula is C15H18N4O2. The molecule has 0 aliphatic heterocycles. The van der Waals surface area contributed by atoms with Gasteiger partial charge in [-0.25, -0.2) is 4.98 Å². The first-order valence-electron chi connectivity index (χ1n) is 6.52. The van der Waals surface area contributed by atoms with E-state index in [1.54, 1.807) is 13.2 Å². The highest BCUT2D eigenvalue weighted by Crippen LogP contribution is 2.15. The van der Waals surface area contributed by atoms with Crippen LogP contribution in [0.15, 0.2) is 36.5 Å². The fourth-order valence-electron chi connectivity index (χ4n) is 1.90. The Hall–Kier alpha value is -2.76. The summed E-state index contributed by atoms with van der Waals surface area (Å²) < 4.78 is 5.11. The number of carbonyl (C=O) groups excluding carboxylic acids is 1. The lowest BCUT2D eigenvalue weighted by molar-refractivity contribution is 0.100. The largest absolute Gasteiger partial charge is 0.497 e. The van der Waals surface area contributed by atoms with Crippen LogP contribution in [0.5, 0.6) is 5.75 Å². The zero-order chi connectivity index (χ0) is 15.2. The molecule has 5 N–H and O–H groups in total. The van der Waals surface area contributed by atoms with Crippen molar-refractivity contribution >= 4 is 17.4 Å². The number of nitrogen functional groups attached to an aromatic ring is 1. The third-order valence-electron chi connectivity index (χ3n) is 3.08. The molecule has 0 fully saturated rings. The van der Waals surface area contributed by atoms with Crippen LogP contribution in [0, 0.1) is 0 Å². The average Bonchev–Trinajstić information content (AvgIpc) is 2.49. The molecule has 2 rings (SSSR count). The van der Waals surface area contributed by atoms with E-state index in [2.05, 4.69) is 10.3 Å². The van der Waals surface area contributed by atoms with Crippen molar-refractivity contribution in [2.75, 3.05) is 24.7 Å². The molecule has 2 aromatic rings. The zero-order valence-corrected chi connectivity index (χ0v) is 11.8. The normalized spacial score (nSPS) is 10.1. The molecule has 1 heterocycles. The van der Waals surface area contributed by atoms with Gasteiger partial charge in [0, 0.05) is 6.54 Å². The molecule has 0 atom stereocenters. The van der Waals surface area contributed by atoms with Gasteiger partial charge >= 0.3 is 0 Å². The minimum atomic E-state index is -0.562. The van der Waals surface area contributed by atoms with Gasteiger partial charge in [0.2, 0.25) is 0 Å². The van der Waals surface area contributed by atoms with Gasteiger partial charge in [0.05, 0.1) is 24.6 Å². The number of rotatable bonds is 6. The van der Waals surface area contributed by atoms with Crippen molar-refractivity contribution in [2.45, 2.75) is 6.42 Å². The monoisotopic (exact) mass is 286 g/mol. The number of anilines is 2. The van der Waals surface area contributed by atoms with Gasteiger partial charge in [0.25, 0.3) is 5.91 Å². The van der Waals surface area contributed by atoms with Crippen LogP contribution in [0.2, 0.25) is 0 Å². The number of benzene rings is 1. The first-order chi connectivity index (χ1) is 10.1. The summed E-state index contributed by atoms with van der Waals surface area (Å²) in [6, 6.07) is 9.41. The van der Waals surface area contributed by atoms with Crippen LogP contribution in [0.25, 0.3) is 0 Å². The lowest BCUT2D eigenvalue weighted by atomic mass is 10.1. The molecule has 0 bridgehead atoms. The van der Waals surface area contributed by atoms with Crippen molar-refractivity contribution in [2.24, 2.45) is 5.73 Å². The van der Waals surface area contributed by atoms with Crippen LogP contribution in [-0.2, 0) is 6.42 Å². The average molecular weight is 286 g/mol. The summed E-state index contributed by atoms with van der Waals surface area (Å²) in [7, 11) is 1.64. The van der Waals surface area contributed by atoms with E-state index < -0.39 is 5.91 Å². The number of hydrogen-bond donors (Lipinski definition) is 3. The van der Waals surface area contributed by atoms with Crippen LogP contribution in [0.4, 0.5) is 11.5 Å². The number of ether oxygens (including phenoxy) is 1. The van der Waals surface area contributed by atoms with E-state index in [1.807, 2.05) is 24.3 Å². The second-order valence-electron chi connectivity index (χ2n) is 4.55. The van der Waals surface area contributed by atoms with Crippen LogP contribution in [-0.4, -0.2) is 24.5 Å². The van der Waals surface area contributed by atoms with Gasteiger partial charge in [0.1, 0.15) is 11.6 Å². The van der Waals surface area contributed by atoms with Gasteiger partial charge in [-0.2, -0.15) is 0 Å². The molecule has 6 nitrogen and oxygen atoms in total. The smallest absolute Gasteiger partial charge is 0.250 e. The van der Waals surface area contributed by atoms with E-state index in [-0.39, 0.29) is 11.3 Å². The Kier molecular flexibility index (Phi) is 4.61. The number of amides is 1. The quantitative estimate of drug-likeness (QED) is 0.745. The Morgan fingerprint density at radius 3 is 2.67 bits per heavy atom. The van der Waals surface area contributed by atoms with Crippen LogP contribution >= 0.6 is 0 Å². The number of carbonyl (C=O) groups is 1. The molecule has 0 radical (unpaired) electrons. The minimum Gasteiger partial charge on any atom is -0.497 e. The van der Waals surface area contributed by atoms with Crippen molar-refractivity contribution in [1.82, 2.24) is 4.98 Å². The highest BCUT2D eigenvalue weighted by Gasteiger charge is 2.07.